The normalized spacial score (nSPS) is 10.5. The number of hydrogen-bond acceptors (Lipinski definition) is 9. The van der Waals surface area contributed by atoms with Crippen LogP contribution in [0.3, 0.4) is 0 Å². The van der Waals surface area contributed by atoms with Gasteiger partial charge in [-0.15, -0.1) is 11.3 Å². The van der Waals surface area contributed by atoms with Crippen molar-refractivity contribution in [3.8, 4) is 0 Å². The van der Waals surface area contributed by atoms with E-state index in [1.54, 1.807) is 36.3 Å². The molecule has 14 aromatic rings. The Morgan fingerprint density at radius 1 is 0.407 bits per heavy atom. The van der Waals surface area contributed by atoms with Crippen molar-refractivity contribution in [1.82, 2.24) is 44.9 Å². The van der Waals surface area contributed by atoms with E-state index >= 15 is 0 Å². The highest BCUT2D eigenvalue weighted by molar-refractivity contribution is 7.10. The Balaban J connectivity index is 0.000000306. The molecule has 3 aromatic carbocycles. The number of thiophene rings is 2. The lowest BCUT2D eigenvalue weighted by Crippen LogP contribution is -2.01. The summed E-state index contributed by atoms with van der Waals surface area (Å²) < 4.78 is 12.0. The van der Waals surface area contributed by atoms with Crippen LogP contribution in [0.1, 0.15) is 298 Å². The summed E-state index contributed by atoms with van der Waals surface area (Å²) in [6, 6.07) is 60.1. The number of aromatic amines is 3. The number of aromatic nitrogens is 9. The van der Waals surface area contributed by atoms with Crippen LogP contribution in [0.2, 0.25) is 0 Å². The quantitative estimate of drug-likeness (QED) is 0.111. The van der Waals surface area contributed by atoms with Gasteiger partial charge in [0.25, 0.3) is 0 Å². The summed E-state index contributed by atoms with van der Waals surface area (Å²) in [5.41, 5.74) is 14.1. The lowest BCUT2D eigenvalue weighted by atomic mass is 10.0. The molecule has 0 saturated heterocycles. The molecule has 11 heterocycles. The number of nitrogens with one attached hydrogen (secondary N) is 3. The first-order valence-corrected chi connectivity index (χ1v) is 40.4. The van der Waals surface area contributed by atoms with Crippen LogP contribution in [-0.4, -0.2) is 44.9 Å². The minimum Gasteiger partial charge on any atom is -0.472 e. The average molecular weight is 1500 g/mol. The van der Waals surface area contributed by atoms with Gasteiger partial charge in [0.2, 0.25) is 0 Å². The van der Waals surface area contributed by atoms with Gasteiger partial charge in [0.05, 0.1) is 36.0 Å². The second kappa shape index (κ2) is 53.4. The molecule has 108 heavy (non-hydrogen) atoms. The maximum absolute atomic E-state index is 5.09. The van der Waals surface area contributed by atoms with Crippen molar-refractivity contribution in [2.45, 2.75) is 237 Å². The van der Waals surface area contributed by atoms with Gasteiger partial charge in [0, 0.05) is 94.3 Å². The summed E-state index contributed by atoms with van der Waals surface area (Å²) in [6.07, 6.45) is 22.2. The van der Waals surface area contributed by atoms with Crippen molar-refractivity contribution < 1.29 is 8.83 Å². The lowest BCUT2D eigenvalue weighted by molar-refractivity contribution is 0.487. The zero-order valence-corrected chi connectivity index (χ0v) is 71.3. The van der Waals surface area contributed by atoms with E-state index in [9.17, 15) is 0 Å². The van der Waals surface area contributed by atoms with Crippen molar-refractivity contribution in [2.75, 3.05) is 0 Å². The molecular weight excluding hydrogens is 1360 g/mol. The van der Waals surface area contributed by atoms with E-state index in [0.717, 1.165) is 17.0 Å². The van der Waals surface area contributed by atoms with Crippen LogP contribution in [0.15, 0.2) is 275 Å². The average Bonchev–Trinajstić information content (AvgIpc) is 1.69. The van der Waals surface area contributed by atoms with Gasteiger partial charge < -0.3 is 18.8 Å². The second-order valence-corrected chi connectivity index (χ2v) is 31.5. The Morgan fingerprint density at radius 3 is 1.43 bits per heavy atom. The fourth-order valence-electron chi connectivity index (χ4n) is 9.69. The van der Waals surface area contributed by atoms with E-state index in [0.29, 0.717) is 71.1 Å². The molecule has 0 spiro atoms. The molecule has 580 valence electrons. The standard InChI is InChI=1S/2C10H12N2.C9H12.3C8H11N.2C7H11N.2C7H10O.2C7H10S/c1-8(2)12-10-6-4-3-5-9(10)7-11-12;1-7(2)10-8-5-3-4-6-9(8)11-12-10;1-8(2)9-6-4-3-5-7-9;1-7(2)8-3-5-9-6-4-8;1-7(2)8-4-3-5-9-6-8;1-7(2)8-5-3-4-6-9-8;1-6(2)7-3-4-8-5-7;1-6(2)7-4-3-5-8-7;1-6(2)7-3-4-8-5-7;1-6(2)7-4-3-5-8-7;1-6(2)7-3-4-8-5-7;1-6(2)7-4-3-5-8-7/h3-8H,1-2H3;3-7H,1-2H3,(H,11,12);3-8H,1-2H3;3*3-7H,1-2H3;2*3-6,8H,1-2H3;4*3-6H,1-2H3. The maximum Gasteiger partial charge on any atom is 0.106 e. The molecule has 14 rings (SSSR count). The third kappa shape index (κ3) is 37.9. The van der Waals surface area contributed by atoms with E-state index < -0.39 is 0 Å². The molecule has 0 aliphatic heterocycles. The van der Waals surface area contributed by atoms with Crippen molar-refractivity contribution >= 4 is 44.5 Å². The number of hydrogen-bond donors (Lipinski definition) is 3. The molecular formula is C95H131N9O2S2. The number of H-pyrrole nitrogens is 3. The molecule has 0 aliphatic carbocycles. The number of para-hydroxylation sites is 2. The summed E-state index contributed by atoms with van der Waals surface area (Å²) in [6.45, 7) is 52.0. The van der Waals surface area contributed by atoms with Crippen LogP contribution in [0, 0.1) is 0 Å². The molecule has 0 unspecified atom stereocenters. The monoisotopic (exact) mass is 1490 g/mol. The summed E-state index contributed by atoms with van der Waals surface area (Å²) in [7, 11) is 0. The van der Waals surface area contributed by atoms with E-state index in [-0.39, 0.29) is 0 Å². The highest BCUT2D eigenvalue weighted by Crippen LogP contribution is 2.24. The Bertz CT molecular complexity index is 3720. The predicted molar refractivity (Wildman–Crippen MR) is 468 cm³/mol. The Kier molecular flexibility index (Phi) is 45.8. The predicted octanol–water partition coefficient (Wildman–Crippen LogP) is 29.6. The summed E-state index contributed by atoms with van der Waals surface area (Å²) >= 11 is 3.60. The largest absolute Gasteiger partial charge is 0.472 e. The van der Waals surface area contributed by atoms with Crippen molar-refractivity contribution in [3.05, 3.63) is 328 Å². The van der Waals surface area contributed by atoms with Crippen molar-refractivity contribution in [2.24, 2.45) is 0 Å². The van der Waals surface area contributed by atoms with Gasteiger partial charge in [-0.2, -0.15) is 21.5 Å². The topological polar surface area (TPSA) is 143 Å². The van der Waals surface area contributed by atoms with Crippen molar-refractivity contribution in [3.63, 3.8) is 0 Å². The maximum atomic E-state index is 5.09. The summed E-state index contributed by atoms with van der Waals surface area (Å²) in [5, 5.41) is 20.5. The van der Waals surface area contributed by atoms with Gasteiger partial charge >= 0.3 is 0 Å². The van der Waals surface area contributed by atoms with Crippen LogP contribution < -0.4 is 0 Å². The third-order valence-electron chi connectivity index (χ3n) is 16.7. The molecule has 0 saturated carbocycles. The fraction of sp³-hybridized carbons (Fsp3) is 0.379. The second-order valence-electron chi connectivity index (χ2n) is 29.7. The van der Waals surface area contributed by atoms with E-state index in [1.165, 1.54) is 65.9 Å². The highest BCUT2D eigenvalue weighted by Gasteiger charge is 2.08. The molecule has 13 heteroatoms. The van der Waals surface area contributed by atoms with Crippen molar-refractivity contribution in [1.29, 1.82) is 0 Å². The van der Waals surface area contributed by atoms with Crippen LogP contribution in [0.5, 0.6) is 0 Å². The molecule has 0 aliphatic rings. The molecule has 3 N–H and O–H groups in total. The first kappa shape index (κ1) is 92.8. The molecule has 11 nitrogen and oxygen atoms in total. The van der Waals surface area contributed by atoms with Gasteiger partial charge in [0.15, 0.2) is 0 Å². The van der Waals surface area contributed by atoms with Gasteiger partial charge in [-0.1, -0.05) is 237 Å². The Labute approximate surface area is 659 Å². The smallest absolute Gasteiger partial charge is 0.106 e. The Hall–Kier alpha value is -9.43. The van der Waals surface area contributed by atoms with E-state index in [2.05, 4.69) is 301 Å². The van der Waals surface area contributed by atoms with Gasteiger partial charge in [-0.25, -0.2) is 0 Å². The number of nitrogens with zero attached hydrogens (tertiary/aromatic N) is 6. The fourth-order valence-corrected chi connectivity index (χ4v) is 11.3. The van der Waals surface area contributed by atoms with E-state index in [1.807, 2.05) is 163 Å². The Morgan fingerprint density at radius 2 is 1.04 bits per heavy atom. The van der Waals surface area contributed by atoms with Crippen LogP contribution in [0.25, 0.3) is 21.8 Å². The molecule has 11 aromatic heterocycles. The third-order valence-corrected chi connectivity index (χ3v) is 18.6. The number of pyridine rings is 3. The molecule has 0 radical (unpaired) electrons. The SMILES string of the molecule is CC(C)c1[nH]nc2ccccc12.CC(C)c1cc[nH]c1.CC(C)c1ccc[nH]1.CC(C)c1ccccc1.CC(C)c1ccccn1.CC(C)c1cccnc1.CC(C)c1ccco1.CC(C)c1cccs1.CC(C)c1ccncc1.CC(C)c1ccoc1.CC(C)c1ccsc1.CC(C)n1ncc2ccccc21. The minimum absolute atomic E-state index is 0.435. The van der Waals surface area contributed by atoms with Gasteiger partial charge in [-0.3, -0.25) is 24.7 Å². The van der Waals surface area contributed by atoms with E-state index in [4.69, 9.17) is 8.83 Å². The molecule has 0 fully saturated rings. The number of furan rings is 2. The molecule has 0 atom stereocenters. The lowest BCUT2D eigenvalue weighted by Gasteiger charge is -2.05. The first-order chi connectivity index (χ1) is 51.6. The van der Waals surface area contributed by atoms with Gasteiger partial charge in [0.1, 0.15) is 5.76 Å². The zero-order valence-electron chi connectivity index (χ0n) is 69.6. The van der Waals surface area contributed by atoms with Crippen LogP contribution in [0.4, 0.5) is 0 Å². The first-order valence-electron chi connectivity index (χ1n) is 38.6. The number of rotatable bonds is 12. The minimum atomic E-state index is 0.435. The van der Waals surface area contributed by atoms with Gasteiger partial charge in [-0.05, 0) is 214 Å². The summed E-state index contributed by atoms with van der Waals surface area (Å²) in [4.78, 5) is 19.7. The van der Waals surface area contributed by atoms with Crippen LogP contribution >= 0.6 is 22.7 Å². The molecule has 0 bridgehead atoms. The molecule has 0 amide bonds. The van der Waals surface area contributed by atoms with Crippen LogP contribution in [-0.2, 0) is 0 Å². The number of benzene rings is 3. The zero-order chi connectivity index (χ0) is 79.8. The number of fused-ring (bicyclic) bond motifs is 2. The summed E-state index contributed by atoms with van der Waals surface area (Å²) in [5.74, 6) is 7.78. The highest BCUT2D eigenvalue weighted by atomic mass is 32.1.